The van der Waals surface area contributed by atoms with Gasteiger partial charge in [-0.2, -0.15) is 0 Å². The van der Waals surface area contributed by atoms with Crippen LogP contribution in [0.2, 0.25) is 0 Å². The number of hydrogen-bond acceptors (Lipinski definition) is 3. The molecule has 2 amide bonds. The van der Waals surface area contributed by atoms with E-state index in [1.807, 2.05) is 19.1 Å². The first-order chi connectivity index (χ1) is 13.6. The van der Waals surface area contributed by atoms with E-state index in [0.29, 0.717) is 11.3 Å². The minimum absolute atomic E-state index is 0.0487. The zero-order valence-electron chi connectivity index (χ0n) is 17.3. The van der Waals surface area contributed by atoms with Crippen LogP contribution in [0.4, 0.5) is 0 Å². The van der Waals surface area contributed by atoms with Gasteiger partial charge in [-0.3, -0.25) is 14.5 Å². The number of carbonyl (C=O) groups is 2. The molecule has 0 radical (unpaired) electrons. The van der Waals surface area contributed by atoms with Gasteiger partial charge in [-0.1, -0.05) is 55.9 Å². The molecule has 28 heavy (non-hydrogen) atoms. The molecule has 0 spiro atoms. The maximum absolute atomic E-state index is 13.6. The molecule has 1 aromatic carbocycles. The van der Waals surface area contributed by atoms with Crippen molar-refractivity contribution in [3.63, 3.8) is 0 Å². The molecule has 0 unspecified atom stereocenters. The van der Waals surface area contributed by atoms with E-state index in [1.54, 1.807) is 4.90 Å². The standard InChI is InChI=1S/C24H32N2O2/c1-17-12-13-20(18(2)16-17)21-22(25-14-8-9-15-25)24(28)26(23(21)27)19-10-6-4-3-5-7-11-19/h12-13,16,19H,3-11,14-15H2,1-2H3. The van der Waals surface area contributed by atoms with E-state index in [-0.39, 0.29) is 17.9 Å². The Kier molecular flexibility index (Phi) is 5.56. The normalized spacial score (nSPS) is 22.2. The third-order valence-corrected chi connectivity index (χ3v) is 6.60. The molecule has 4 rings (SSSR count). The first-order valence-electron chi connectivity index (χ1n) is 11.0. The van der Waals surface area contributed by atoms with Crippen molar-refractivity contribution < 1.29 is 9.59 Å². The highest BCUT2D eigenvalue weighted by molar-refractivity contribution is 6.36. The van der Waals surface area contributed by atoms with Gasteiger partial charge in [-0.25, -0.2) is 0 Å². The molecule has 2 fully saturated rings. The molecular weight excluding hydrogens is 348 g/mol. The Morgan fingerprint density at radius 3 is 2.11 bits per heavy atom. The molecule has 2 heterocycles. The average molecular weight is 381 g/mol. The number of aryl methyl sites for hydroxylation is 2. The first-order valence-corrected chi connectivity index (χ1v) is 11.0. The van der Waals surface area contributed by atoms with E-state index in [1.165, 1.54) is 24.8 Å². The third-order valence-electron chi connectivity index (χ3n) is 6.60. The van der Waals surface area contributed by atoms with E-state index in [0.717, 1.165) is 62.7 Å². The van der Waals surface area contributed by atoms with Gasteiger partial charge in [0.25, 0.3) is 11.8 Å². The fourth-order valence-electron chi connectivity index (χ4n) is 5.13. The summed E-state index contributed by atoms with van der Waals surface area (Å²) >= 11 is 0. The molecule has 2 aliphatic heterocycles. The van der Waals surface area contributed by atoms with Gasteiger partial charge < -0.3 is 4.90 Å². The second-order valence-electron chi connectivity index (χ2n) is 8.72. The van der Waals surface area contributed by atoms with Crippen molar-refractivity contribution in [2.75, 3.05) is 13.1 Å². The van der Waals surface area contributed by atoms with Crippen LogP contribution in [0.25, 0.3) is 5.57 Å². The molecule has 3 aliphatic rings. The highest BCUT2D eigenvalue weighted by atomic mass is 16.2. The molecule has 0 bridgehead atoms. The predicted octanol–water partition coefficient (Wildman–Crippen LogP) is 4.59. The lowest BCUT2D eigenvalue weighted by molar-refractivity contribution is -0.140. The van der Waals surface area contributed by atoms with Gasteiger partial charge in [0.15, 0.2) is 0 Å². The molecule has 4 heteroatoms. The summed E-state index contributed by atoms with van der Waals surface area (Å²) in [6.45, 7) is 5.87. The van der Waals surface area contributed by atoms with Crippen molar-refractivity contribution in [2.45, 2.75) is 77.7 Å². The van der Waals surface area contributed by atoms with Gasteiger partial charge in [-0.05, 0) is 50.7 Å². The summed E-state index contributed by atoms with van der Waals surface area (Å²) in [4.78, 5) is 31.0. The van der Waals surface area contributed by atoms with E-state index < -0.39 is 0 Å². The molecule has 150 valence electrons. The zero-order chi connectivity index (χ0) is 19.7. The molecular formula is C24H32N2O2. The van der Waals surface area contributed by atoms with Crippen LogP contribution in [0.5, 0.6) is 0 Å². The molecule has 1 saturated carbocycles. The summed E-state index contributed by atoms with van der Waals surface area (Å²) in [5, 5.41) is 0. The number of hydrogen-bond donors (Lipinski definition) is 0. The summed E-state index contributed by atoms with van der Waals surface area (Å²) in [6, 6.07) is 6.25. The maximum atomic E-state index is 13.6. The van der Waals surface area contributed by atoms with Crippen LogP contribution in [0, 0.1) is 13.8 Å². The largest absolute Gasteiger partial charge is 0.366 e. The van der Waals surface area contributed by atoms with Gasteiger partial charge >= 0.3 is 0 Å². The van der Waals surface area contributed by atoms with Crippen molar-refractivity contribution in [1.29, 1.82) is 0 Å². The minimum atomic E-state index is -0.0653. The van der Waals surface area contributed by atoms with Crippen molar-refractivity contribution in [3.05, 3.63) is 40.6 Å². The Labute approximate surface area is 168 Å². The quantitative estimate of drug-likeness (QED) is 0.720. The highest BCUT2D eigenvalue weighted by Gasteiger charge is 2.45. The SMILES string of the molecule is Cc1ccc(C2=C(N3CCCC3)C(=O)N(C3CCCCCCC3)C2=O)c(C)c1. The second-order valence-corrected chi connectivity index (χ2v) is 8.72. The molecule has 0 aromatic heterocycles. The van der Waals surface area contributed by atoms with Crippen LogP contribution in [0.15, 0.2) is 23.9 Å². The average Bonchev–Trinajstić information content (AvgIpc) is 3.23. The Hall–Kier alpha value is -2.10. The van der Waals surface area contributed by atoms with E-state index in [4.69, 9.17) is 0 Å². The third kappa shape index (κ3) is 3.49. The van der Waals surface area contributed by atoms with Crippen molar-refractivity contribution in [2.24, 2.45) is 0 Å². The van der Waals surface area contributed by atoms with Gasteiger partial charge in [0.2, 0.25) is 0 Å². The predicted molar refractivity (Wildman–Crippen MR) is 112 cm³/mol. The number of likely N-dealkylation sites (tertiary alicyclic amines) is 1. The highest BCUT2D eigenvalue weighted by Crippen LogP contribution is 2.37. The van der Waals surface area contributed by atoms with E-state index in [9.17, 15) is 9.59 Å². The molecule has 1 aromatic rings. The fraction of sp³-hybridized carbons (Fsp3) is 0.583. The number of amides is 2. The smallest absolute Gasteiger partial charge is 0.278 e. The molecule has 0 N–H and O–H groups in total. The Bertz CT molecular complexity index is 797. The zero-order valence-corrected chi connectivity index (χ0v) is 17.3. The fourth-order valence-corrected chi connectivity index (χ4v) is 5.13. The number of carbonyl (C=O) groups excluding carboxylic acids is 2. The summed E-state index contributed by atoms with van der Waals surface area (Å²) in [5.41, 5.74) is 4.49. The number of benzene rings is 1. The molecule has 1 saturated heterocycles. The van der Waals surface area contributed by atoms with Gasteiger partial charge in [-0.15, -0.1) is 0 Å². The van der Waals surface area contributed by atoms with E-state index in [2.05, 4.69) is 17.9 Å². The van der Waals surface area contributed by atoms with Crippen LogP contribution in [0.1, 0.15) is 74.5 Å². The van der Waals surface area contributed by atoms with Crippen molar-refractivity contribution in [1.82, 2.24) is 9.80 Å². The number of imide groups is 1. The lowest BCUT2D eigenvalue weighted by Crippen LogP contribution is -2.42. The van der Waals surface area contributed by atoms with Gasteiger partial charge in [0.1, 0.15) is 5.70 Å². The summed E-state index contributed by atoms with van der Waals surface area (Å²) in [5.74, 6) is -0.114. The molecule has 4 nitrogen and oxygen atoms in total. The van der Waals surface area contributed by atoms with E-state index >= 15 is 0 Å². The summed E-state index contributed by atoms with van der Waals surface area (Å²) < 4.78 is 0. The number of nitrogens with zero attached hydrogens (tertiary/aromatic N) is 2. The van der Waals surface area contributed by atoms with Crippen molar-refractivity contribution in [3.8, 4) is 0 Å². The van der Waals surface area contributed by atoms with Crippen LogP contribution in [-0.2, 0) is 9.59 Å². The summed E-state index contributed by atoms with van der Waals surface area (Å²) in [6.07, 6.45) is 10.0. The summed E-state index contributed by atoms with van der Waals surface area (Å²) in [7, 11) is 0. The Balaban J connectivity index is 1.75. The lowest BCUT2D eigenvalue weighted by atomic mass is 9.95. The topological polar surface area (TPSA) is 40.6 Å². The molecule has 0 atom stereocenters. The van der Waals surface area contributed by atoms with Gasteiger partial charge in [0.05, 0.1) is 5.57 Å². The minimum Gasteiger partial charge on any atom is -0.366 e. The second kappa shape index (κ2) is 8.10. The van der Waals surface area contributed by atoms with Crippen LogP contribution < -0.4 is 0 Å². The van der Waals surface area contributed by atoms with Crippen LogP contribution in [0.3, 0.4) is 0 Å². The monoisotopic (exact) mass is 380 g/mol. The molecule has 1 aliphatic carbocycles. The first kappa shape index (κ1) is 19.2. The maximum Gasteiger partial charge on any atom is 0.278 e. The van der Waals surface area contributed by atoms with Crippen LogP contribution in [-0.4, -0.2) is 40.7 Å². The Morgan fingerprint density at radius 1 is 0.821 bits per heavy atom. The Morgan fingerprint density at radius 2 is 1.46 bits per heavy atom. The number of rotatable bonds is 3. The van der Waals surface area contributed by atoms with Crippen LogP contribution >= 0.6 is 0 Å². The lowest BCUT2D eigenvalue weighted by Gasteiger charge is -2.29. The van der Waals surface area contributed by atoms with Gasteiger partial charge in [0, 0.05) is 19.1 Å². The van der Waals surface area contributed by atoms with Crippen molar-refractivity contribution >= 4 is 17.4 Å².